The van der Waals surface area contributed by atoms with E-state index >= 15 is 4.39 Å². The fourth-order valence-electron chi connectivity index (χ4n) is 2.90. The van der Waals surface area contributed by atoms with E-state index in [1.807, 2.05) is 25.7 Å². The van der Waals surface area contributed by atoms with Gasteiger partial charge in [0.2, 0.25) is 5.79 Å². The third-order valence-electron chi connectivity index (χ3n) is 3.59. The summed E-state index contributed by atoms with van der Waals surface area (Å²) in [4.78, 5) is 6.39. The van der Waals surface area contributed by atoms with E-state index in [1.165, 1.54) is 0 Å². The number of aryl methyl sites for hydroxylation is 1. The molecule has 1 aromatic rings. The fraction of sp³-hybridized carbons (Fsp3) is 0.750. The molecule has 0 aliphatic carbocycles. The lowest BCUT2D eigenvalue weighted by atomic mass is 10.0. The van der Waals surface area contributed by atoms with Gasteiger partial charge in [0.15, 0.2) is 0 Å². The third-order valence-corrected chi connectivity index (χ3v) is 5.98. The van der Waals surface area contributed by atoms with Crippen molar-refractivity contribution in [3.05, 3.63) is 15.2 Å². The van der Waals surface area contributed by atoms with Crippen LogP contribution in [0, 0.1) is 10.6 Å². The molecule has 0 radical (unpaired) electrons. The van der Waals surface area contributed by atoms with Crippen LogP contribution >= 0.6 is 45.2 Å². The first-order valence-corrected chi connectivity index (χ1v) is 8.38. The van der Waals surface area contributed by atoms with Gasteiger partial charge >= 0.3 is 0 Å². The lowest BCUT2D eigenvalue weighted by molar-refractivity contribution is -0.0833. The molecule has 102 valence electrons. The van der Waals surface area contributed by atoms with E-state index in [-0.39, 0.29) is 16.1 Å². The van der Waals surface area contributed by atoms with Gasteiger partial charge in [-0.15, -0.1) is 0 Å². The van der Waals surface area contributed by atoms with Crippen molar-refractivity contribution in [1.29, 1.82) is 0 Å². The molecule has 0 amide bonds. The third kappa shape index (κ3) is 2.02. The molecule has 0 aromatic carbocycles. The Bertz CT molecular complexity index is 470. The predicted octanol–water partition coefficient (Wildman–Crippen LogP) is 3.98. The van der Waals surface area contributed by atoms with Crippen LogP contribution in [0.15, 0.2) is 0 Å². The van der Waals surface area contributed by atoms with Gasteiger partial charge in [0, 0.05) is 6.04 Å². The molecular weight excluding hydrogens is 459 g/mol. The summed E-state index contributed by atoms with van der Waals surface area (Å²) < 4.78 is 18.3. The van der Waals surface area contributed by atoms with Gasteiger partial charge in [0.1, 0.15) is 15.2 Å². The van der Waals surface area contributed by atoms with E-state index < -0.39 is 5.79 Å². The van der Waals surface area contributed by atoms with Gasteiger partial charge in [0.25, 0.3) is 0 Å². The summed E-state index contributed by atoms with van der Waals surface area (Å²) >= 11 is 4.48. The number of halogens is 3. The fourth-order valence-corrected chi connectivity index (χ4v) is 5.48. The van der Waals surface area contributed by atoms with Crippen molar-refractivity contribution in [3.63, 3.8) is 0 Å². The number of aromatic nitrogens is 2. The van der Waals surface area contributed by atoms with Gasteiger partial charge in [-0.25, -0.2) is 14.3 Å². The highest BCUT2D eigenvalue weighted by atomic mass is 127. The van der Waals surface area contributed by atoms with E-state index in [4.69, 9.17) is 0 Å². The number of rotatable bonds is 1. The molecule has 3 unspecified atom stereocenters. The number of nitrogens with zero attached hydrogens (tertiary/aromatic N) is 3. The van der Waals surface area contributed by atoms with Crippen molar-refractivity contribution in [2.24, 2.45) is 0 Å². The Morgan fingerprint density at radius 3 is 2.50 bits per heavy atom. The van der Waals surface area contributed by atoms with Crippen molar-refractivity contribution in [2.45, 2.75) is 56.5 Å². The Labute approximate surface area is 135 Å². The lowest BCUT2D eigenvalue weighted by Crippen LogP contribution is -2.56. The Balaban J connectivity index is 2.68. The topological polar surface area (TPSA) is 21.1 Å². The normalized spacial score (nSPS) is 32.9. The van der Waals surface area contributed by atoms with Crippen LogP contribution in [0.5, 0.6) is 0 Å². The van der Waals surface area contributed by atoms with E-state index in [0.717, 1.165) is 9.53 Å². The minimum absolute atomic E-state index is 0.119. The second-order valence-corrected chi connectivity index (χ2v) is 7.53. The maximum atomic E-state index is 15.3. The highest BCUT2D eigenvalue weighted by Crippen LogP contribution is 2.46. The molecule has 0 saturated heterocycles. The van der Waals surface area contributed by atoms with Crippen LogP contribution < -0.4 is 0 Å². The van der Waals surface area contributed by atoms with Crippen molar-refractivity contribution < 1.29 is 4.39 Å². The number of hydrogen-bond acceptors (Lipinski definition) is 2. The molecule has 3 nitrogen and oxygen atoms in total. The largest absolute Gasteiger partial charge is 0.322 e. The summed E-state index contributed by atoms with van der Waals surface area (Å²) in [6.45, 7) is 9.83. The van der Waals surface area contributed by atoms with Crippen LogP contribution in [0.1, 0.15) is 45.3 Å². The number of hydrogen-bond donors (Lipinski definition) is 0. The second-order valence-electron chi connectivity index (χ2n) is 5.24. The molecule has 3 atom stereocenters. The van der Waals surface area contributed by atoms with Gasteiger partial charge in [-0.3, -0.25) is 0 Å². The zero-order chi connectivity index (χ0) is 13.8. The Morgan fingerprint density at radius 1 is 1.44 bits per heavy atom. The average Bonchev–Trinajstić information content (AvgIpc) is 2.50. The molecule has 6 heteroatoms. The Morgan fingerprint density at radius 2 is 2.00 bits per heavy atom. The SMILES string of the molecule is Cc1nc(I)c2n1C(C)C(I)N(C(C)C)C2(C)F. The molecule has 1 aliphatic rings. The molecule has 1 aromatic heterocycles. The van der Waals surface area contributed by atoms with Crippen molar-refractivity contribution in [2.75, 3.05) is 0 Å². The van der Waals surface area contributed by atoms with Gasteiger partial charge in [0.05, 0.1) is 10.1 Å². The molecular formula is C12H18FI2N3. The summed E-state index contributed by atoms with van der Waals surface area (Å²) in [6.07, 6.45) is 0. The highest BCUT2D eigenvalue weighted by molar-refractivity contribution is 14.1. The first-order chi connectivity index (χ1) is 8.19. The predicted molar refractivity (Wildman–Crippen MR) is 87.6 cm³/mol. The van der Waals surface area contributed by atoms with E-state index in [9.17, 15) is 0 Å². The number of fused-ring (bicyclic) bond motifs is 1. The Kier molecular flexibility index (Phi) is 4.02. The first kappa shape index (κ1) is 15.0. The maximum Gasteiger partial charge on any atom is 0.205 e. The number of alkyl halides is 2. The van der Waals surface area contributed by atoms with Crippen molar-refractivity contribution >= 4 is 45.2 Å². The summed E-state index contributed by atoms with van der Waals surface area (Å²) in [7, 11) is 0. The van der Waals surface area contributed by atoms with Gasteiger partial charge < -0.3 is 4.57 Å². The van der Waals surface area contributed by atoms with Crippen LogP contribution in [0.3, 0.4) is 0 Å². The zero-order valence-electron chi connectivity index (χ0n) is 11.2. The summed E-state index contributed by atoms with van der Waals surface area (Å²) in [5.74, 6) is -0.569. The summed E-state index contributed by atoms with van der Waals surface area (Å²) in [5, 5.41) is 0. The summed E-state index contributed by atoms with van der Waals surface area (Å²) in [5.41, 5.74) is 0.703. The second kappa shape index (κ2) is 4.83. The molecule has 0 spiro atoms. The number of imidazole rings is 1. The lowest BCUT2D eigenvalue weighted by Gasteiger charge is -2.48. The van der Waals surface area contributed by atoms with Crippen LogP contribution in [0.2, 0.25) is 0 Å². The minimum Gasteiger partial charge on any atom is -0.322 e. The van der Waals surface area contributed by atoms with Crippen LogP contribution in [-0.2, 0) is 5.79 Å². The average molecular weight is 477 g/mol. The molecule has 2 heterocycles. The van der Waals surface area contributed by atoms with E-state index in [2.05, 4.69) is 61.7 Å². The standard InChI is InChI=1S/C12H18FI2N3/c1-6(2)18-11(15)7(3)17-8(4)16-10(14)9(17)12(18,5)13/h6-7,11H,1-5H3. The van der Waals surface area contributed by atoms with Crippen molar-refractivity contribution in [3.8, 4) is 0 Å². The summed E-state index contributed by atoms with van der Waals surface area (Å²) in [6, 6.07) is 0.381. The van der Waals surface area contributed by atoms with Crippen molar-refractivity contribution in [1.82, 2.24) is 14.5 Å². The maximum absolute atomic E-state index is 15.3. The Hall–Kier alpha value is 0.560. The molecule has 2 rings (SSSR count). The molecule has 0 N–H and O–H groups in total. The molecule has 0 bridgehead atoms. The smallest absolute Gasteiger partial charge is 0.205 e. The van der Waals surface area contributed by atoms with Crippen LogP contribution in [-0.4, -0.2) is 24.5 Å². The first-order valence-electron chi connectivity index (χ1n) is 6.05. The monoisotopic (exact) mass is 477 g/mol. The molecule has 1 aliphatic heterocycles. The van der Waals surface area contributed by atoms with Crippen LogP contribution in [0.25, 0.3) is 0 Å². The minimum atomic E-state index is -1.47. The van der Waals surface area contributed by atoms with E-state index in [1.54, 1.807) is 6.92 Å². The van der Waals surface area contributed by atoms with Gasteiger partial charge in [-0.05, 0) is 57.2 Å². The molecule has 0 saturated carbocycles. The van der Waals surface area contributed by atoms with Crippen LogP contribution in [0.4, 0.5) is 4.39 Å². The zero-order valence-corrected chi connectivity index (χ0v) is 15.5. The van der Waals surface area contributed by atoms with Gasteiger partial charge in [-0.1, -0.05) is 22.6 Å². The molecule has 0 fully saturated rings. The van der Waals surface area contributed by atoms with E-state index in [0.29, 0.717) is 5.69 Å². The highest BCUT2D eigenvalue weighted by Gasteiger charge is 2.50. The quantitative estimate of drug-likeness (QED) is 0.347. The molecule has 18 heavy (non-hydrogen) atoms. The van der Waals surface area contributed by atoms with Gasteiger partial charge in [-0.2, -0.15) is 0 Å².